The summed E-state index contributed by atoms with van der Waals surface area (Å²) in [4.78, 5) is 0. The predicted molar refractivity (Wildman–Crippen MR) is 110 cm³/mol. The van der Waals surface area contributed by atoms with Crippen molar-refractivity contribution in [3.63, 3.8) is 0 Å². The van der Waals surface area contributed by atoms with Crippen molar-refractivity contribution in [3.05, 3.63) is 32.8 Å². The minimum Gasteiger partial charge on any atom is -0.344 e. The number of rotatable bonds is 0. The third-order valence-electron chi connectivity index (χ3n) is 6.50. The molecule has 2 nitrogen and oxygen atoms in total. The zero-order chi connectivity index (χ0) is 18.3. The maximum Gasteiger partial charge on any atom is 0.163 e. The summed E-state index contributed by atoms with van der Waals surface area (Å²) in [5, 5.41) is 6.59. The van der Waals surface area contributed by atoms with E-state index in [2.05, 4.69) is 55.4 Å². The van der Waals surface area contributed by atoms with Crippen molar-refractivity contribution in [3.8, 4) is 10.6 Å². The second kappa shape index (κ2) is 5.74. The van der Waals surface area contributed by atoms with E-state index in [-0.39, 0.29) is 27.3 Å². The van der Waals surface area contributed by atoms with Crippen molar-refractivity contribution in [2.45, 2.75) is 85.7 Å². The highest BCUT2D eigenvalue weighted by Gasteiger charge is 2.44. The molecule has 0 saturated carbocycles. The average molecular weight is 376 g/mol. The van der Waals surface area contributed by atoms with E-state index in [0.717, 1.165) is 12.3 Å². The molecular formula is C21H30O2P2. The lowest BCUT2D eigenvalue weighted by atomic mass is 10.1. The van der Waals surface area contributed by atoms with Crippen LogP contribution in [0.1, 0.15) is 46.7 Å². The normalized spacial score (nSPS) is 25.9. The van der Waals surface area contributed by atoms with Gasteiger partial charge in [-0.25, -0.2) is 0 Å². The van der Waals surface area contributed by atoms with Crippen LogP contribution in [-0.4, -0.2) is 18.0 Å². The summed E-state index contributed by atoms with van der Waals surface area (Å²) < 4.78 is 12.8. The minimum atomic E-state index is -0.443. The molecule has 2 aliphatic rings. The van der Waals surface area contributed by atoms with Crippen LogP contribution in [0.2, 0.25) is 0 Å². The molecule has 25 heavy (non-hydrogen) atoms. The summed E-state index contributed by atoms with van der Waals surface area (Å²) in [6, 6.07) is 0. The van der Waals surface area contributed by atoms with Crippen molar-refractivity contribution >= 4 is 15.1 Å². The minimum absolute atomic E-state index is 0.239. The van der Waals surface area contributed by atoms with Gasteiger partial charge in [0.05, 0.1) is 12.2 Å². The van der Waals surface area contributed by atoms with Crippen LogP contribution in [0.4, 0.5) is 0 Å². The predicted octanol–water partition coefficient (Wildman–Crippen LogP) is 6.71. The van der Waals surface area contributed by atoms with Crippen LogP contribution in [0, 0.1) is 41.5 Å². The summed E-state index contributed by atoms with van der Waals surface area (Å²) in [5.74, 6) is -0.443. The fraction of sp³-hybridized carbons (Fsp3) is 0.619. The third kappa shape index (κ3) is 2.53. The van der Waals surface area contributed by atoms with Crippen LogP contribution in [0.15, 0.2) is 0 Å². The van der Waals surface area contributed by atoms with Gasteiger partial charge in [0.25, 0.3) is 0 Å². The van der Waals surface area contributed by atoms with E-state index < -0.39 is 5.79 Å². The van der Waals surface area contributed by atoms with Gasteiger partial charge in [0.2, 0.25) is 0 Å². The summed E-state index contributed by atoms with van der Waals surface area (Å²) in [6.07, 6.45) is 2.72. The van der Waals surface area contributed by atoms with E-state index in [4.69, 9.17) is 9.47 Å². The van der Waals surface area contributed by atoms with Crippen LogP contribution in [-0.2, 0) is 21.8 Å². The Morgan fingerprint density at radius 1 is 0.680 bits per heavy atom. The molecule has 2 unspecified atom stereocenters. The van der Waals surface area contributed by atoms with Crippen molar-refractivity contribution in [2.24, 2.45) is 0 Å². The van der Waals surface area contributed by atoms with Crippen molar-refractivity contribution < 1.29 is 9.47 Å². The molecule has 1 saturated heterocycles. The molecule has 0 aliphatic carbocycles. The van der Waals surface area contributed by atoms with E-state index in [1.54, 1.807) is 32.3 Å². The highest BCUT2D eigenvalue weighted by Crippen LogP contribution is 2.63. The monoisotopic (exact) mass is 376 g/mol. The van der Waals surface area contributed by atoms with Crippen molar-refractivity contribution in [2.75, 3.05) is 0 Å². The molecule has 0 N–H and O–H groups in total. The molecule has 0 amide bonds. The van der Waals surface area contributed by atoms with Gasteiger partial charge < -0.3 is 9.47 Å². The van der Waals surface area contributed by atoms with Crippen LogP contribution >= 0.6 is 15.1 Å². The second-order valence-electron chi connectivity index (χ2n) is 8.30. The van der Waals surface area contributed by atoms with Crippen molar-refractivity contribution in [1.29, 1.82) is 0 Å². The molecule has 4 rings (SSSR count). The Morgan fingerprint density at radius 2 is 1.04 bits per heavy atom. The van der Waals surface area contributed by atoms with Gasteiger partial charge >= 0.3 is 0 Å². The molecule has 4 heterocycles. The number of hydrogen-bond donors (Lipinski definition) is 0. The SMILES string of the molecule is Cc1c(C)c2p(c1C)C[C@@H]1OC(C)(C)O[C@H]1Cp1c(C)c(C)c(C)c1-2. The number of ether oxygens (including phenoxy) is 2. The Balaban J connectivity index is 2.02. The van der Waals surface area contributed by atoms with Crippen LogP contribution in [0.5, 0.6) is 0 Å². The maximum atomic E-state index is 6.38. The third-order valence-corrected chi connectivity index (χ3v) is 12.6. The Hall–Kier alpha value is -0.520. The van der Waals surface area contributed by atoms with E-state index in [9.17, 15) is 0 Å². The molecule has 1 fully saturated rings. The van der Waals surface area contributed by atoms with Gasteiger partial charge in [0.15, 0.2) is 5.79 Å². The fourth-order valence-corrected chi connectivity index (χ4v) is 11.5. The molecule has 136 valence electrons. The highest BCUT2D eigenvalue weighted by atomic mass is 31.1. The molecule has 4 heteroatoms. The Bertz CT molecular complexity index is 799. The Labute approximate surface area is 154 Å². The van der Waals surface area contributed by atoms with Gasteiger partial charge in [0.1, 0.15) is 0 Å². The van der Waals surface area contributed by atoms with Crippen LogP contribution in [0.25, 0.3) is 10.6 Å². The molecule has 2 aromatic rings. The van der Waals surface area contributed by atoms with Gasteiger partial charge in [-0.15, -0.1) is 15.1 Å². The fourth-order valence-electron chi connectivity index (χ4n) is 4.69. The van der Waals surface area contributed by atoms with Gasteiger partial charge in [-0.05, 0) is 88.2 Å². The molecule has 0 radical (unpaired) electrons. The summed E-state index contributed by atoms with van der Waals surface area (Å²) >= 11 is 0. The van der Waals surface area contributed by atoms with Crippen LogP contribution < -0.4 is 0 Å². The van der Waals surface area contributed by atoms with E-state index in [1.807, 2.05) is 0 Å². The Kier molecular flexibility index (Phi) is 4.10. The molecule has 0 bridgehead atoms. The van der Waals surface area contributed by atoms with Crippen LogP contribution in [0.3, 0.4) is 0 Å². The molecule has 4 atom stereocenters. The van der Waals surface area contributed by atoms with Gasteiger partial charge in [0, 0.05) is 22.9 Å². The lowest BCUT2D eigenvalue weighted by molar-refractivity contribution is -0.144. The molecule has 2 aliphatic heterocycles. The lowest BCUT2D eigenvalue weighted by Gasteiger charge is -2.24. The number of hydrogen-bond acceptors (Lipinski definition) is 2. The first-order chi connectivity index (χ1) is 11.6. The molecule has 2 aromatic heterocycles. The molecule has 0 aromatic carbocycles. The van der Waals surface area contributed by atoms with Gasteiger partial charge in [-0.2, -0.15) is 0 Å². The van der Waals surface area contributed by atoms with E-state index >= 15 is 0 Å². The summed E-state index contributed by atoms with van der Waals surface area (Å²) in [6.45, 7) is 18.2. The van der Waals surface area contributed by atoms with Crippen molar-refractivity contribution in [1.82, 2.24) is 0 Å². The van der Waals surface area contributed by atoms with Gasteiger partial charge in [-0.1, -0.05) is 0 Å². The average Bonchev–Trinajstić information content (AvgIpc) is 3.00. The first-order valence-corrected chi connectivity index (χ1v) is 12.4. The first kappa shape index (κ1) is 17.9. The zero-order valence-corrected chi connectivity index (χ0v) is 18.6. The van der Waals surface area contributed by atoms with E-state index in [1.165, 1.54) is 11.1 Å². The lowest BCUT2D eigenvalue weighted by Crippen LogP contribution is -2.24. The first-order valence-electron chi connectivity index (χ1n) is 9.31. The maximum absolute atomic E-state index is 6.38. The summed E-state index contributed by atoms with van der Waals surface area (Å²) in [5.41, 5.74) is 6.14. The van der Waals surface area contributed by atoms with E-state index in [0.29, 0.717) is 0 Å². The number of fused-ring (bicyclic) bond motifs is 4. The smallest absolute Gasteiger partial charge is 0.163 e. The second-order valence-corrected chi connectivity index (χ2v) is 13.0. The summed E-state index contributed by atoms with van der Waals surface area (Å²) in [7, 11) is -0.574. The Morgan fingerprint density at radius 3 is 1.40 bits per heavy atom. The van der Waals surface area contributed by atoms with Gasteiger partial charge in [-0.3, -0.25) is 0 Å². The standard InChI is InChI=1S/C21H30O2P2/c1-11-13(3)19-20-14(4)12(2)16(6)25(20)10-18-17(9-24(19)15(11)5)22-21(7,8)23-18/h17-18H,9-10H2,1-8H3/t17-,18-,24?,25?/m0/s1. The molecular weight excluding hydrogens is 346 g/mol. The topological polar surface area (TPSA) is 18.5 Å². The highest BCUT2D eigenvalue weighted by molar-refractivity contribution is 7.58. The molecule has 0 spiro atoms. The zero-order valence-electron chi connectivity index (χ0n) is 16.8. The largest absolute Gasteiger partial charge is 0.344 e. The quantitative estimate of drug-likeness (QED) is 0.509.